The minimum Gasteiger partial charge on any atom is -0.457 e. The van der Waals surface area contributed by atoms with Crippen molar-refractivity contribution in [1.82, 2.24) is 4.72 Å². The largest absolute Gasteiger partial charge is 0.457 e. The summed E-state index contributed by atoms with van der Waals surface area (Å²) in [5, 5.41) is 2.55. The van der Waals surface area contributed by atoms with Gasteiger partial charge < -0.3 is 10.1 Å². The molecule has 10 heteroatoms. The molecule has 4 aromatic carbocycles. The van der Waals surface area contributed by atoms with E-state index in [-0.39, 0.29) is 23.7 Å². The third-order valence-corrected chi connectivity index (χ3v) is 7.24. The zero-order chi connectivity index (χ0) is 26.3. The Hall–Kier alpha value is -3.73. The van der Waals surface area contributed by atoms with Crippen LogP contribution in [0.2, 0.25) is 0 Å². The number of urea groups is 1. The van der Waals surface area contributed by atoms with Gasteiger partial charge in [-0.2, -0.15) is 0 Å². The number of nitrogens with zero attached hydrogens (tertiary/aromatic N) is 1. The maximum atomic E-state index is 14.2. The predicted molar refractivity (Wildman–Crippen MR) is 145 cm³/mol. The number of halogens is 2. The lowest BCUT2D eigenvalue weighted by Gasteiger charge is -2.24. The number of nitrogens with one attached hydrogen (secondary N) is 2. The van der Waals surface area contributed by atoms with Gasteiger partial charge in [-0.25, -0.2) is 22.3 Å². The third-order valence-electron chi connectivity index (χ3n) is 5.24. The molecule has 0 saturated heterocycles. The Balaban J connectivity index is 1.51. The van der Waals surface area contributed by atoms with Crippen LogP contribution >= 0.6 is 15.9 Å². The van der Waals surface area contributed by atoms with Crippen molar-refractivity contribution in [2.24, 2.45) is 0 Å². The van der Waals surface area contributed by atoms with Crippen molar-refractivity contribution in [2.45, 2.75) is 4.90 Å². The second kappa shape index (κ2) is 12.0. The van der Waals surface area contributed by atoms with Gasteiger partial charge in [0.15, 0.2) is 0 Å². The first-order valence-electron chi connectivity index (χ1n) is 11.2. The number of ether oxygens (including phenoxy) is 1. The number of carbonyl (C=O) groups is 1. The van der Waals surface area contributed by atoms with E-state index >= 15 is 0 Å². The van der Waals surface area contributed by atoms with Crippen LogP contribution in [0, 0.1) is 5.82 Å². The molecule has 7 nitrogen and oxygen atoms in total. The number of anilines is 2. The summed E-state index contributed by atoms with van der Waals surface area (Å²) in [5.74, 6) is 0.630. The van der Waals surface area contributed by atoms with E-state index in [4.69, 9.17) is 4.74 Å². The molecule has 0 unspecified atom stereocenters. The Morgan fingerprint density at radius 1 is 0.838 bits per heavy atom. The van der Waals surface area contributed by atoms with E-state index in [2.05, 4.69) is 26.0 Å². The van der Waals surface area contributed by atoms with Crippen LogP contribution in [0.3, 0.4) is 0 Å². The van der Waals surface area contributed by atoms with Crippen LogP contribution in [-0.4, -0.2) is 27.5 Å². The molecule has 0 aliphatic carbocycles. The highest BCUT2D eigenvalue weighted by molar-refractivity contribution is 9.10. The van der Waals surface area contributed by atoms with Gasteiger partial charge >= 0.3 is 6.03 Å². The molecule has 0 radical (unpaired) electrons. The molecule has 4 aromatic rings. The molecule has 2 N–H and O–H groups in total. The minimum atomic E-state index is -3.80. The van der Waals surface area contributed by atoms with Crippen molar-refractivity contribution >= 4 is 43.4 Å². The Kier molecular flexibility index (Phi) is 8.54. The van der Waals surface area contributed by atoms with E-state index in [1.54, 1.807) is 42.5 Å². The van der Waals surface area contributed by atoms with Crippen molar-refractivity contribution in [3.05, 3.63) is 113 Å². The topological polar surface area (TPSA) is 87.7 Å². The number of para-hydroxylation sites is 2. The average Bonchev–Trinajstić information content (AvgIpc) is 2.89. The van der Waals surface area contributed by atoms with Gasteiger partial charge in [0.1, 0.15) is 17.3 Å². The molecule has 2 amide bonds. The monoisotopic (exact) mass is 583 g/mol. The van der Waals surface area contributed by atoms with E-state index in [0.29, 0.717) is 17.2 Å². The third kappa shape index (κ3) is 7.16. The zero-order valence-corrected chi connectivity index (χ0v) is 21.9. The second-order valence-corrected chi connectivity index (χ2v) is 10.5. The SMILES string of the molecule is O=C(Nc1ccccc1F)N(CCNS(=O)(=O)c1ccc(Br)cc1)c1ccc(Oc2ccccc2)cc1. The first-order valence-corrected chi connectivity index (χ1v) is 13.5. The van der Waals surface area contributed by atoms with Crippen LogP contribution in [0.25, 0.3) is 0 Å². The highest BCUT2D eigenvalue weighted by Gasteiger charge is 2.20. The first kappa shape index (κ1) is 26.3. The summed E-state index contributed by atoms with van der Waals surface area (Å²) < 4.78 is 48.6. The molecule has 0 saturated carbocycles. The molecule has 4 rings (SSSR count). The van der Waals surface area contributed by atoms with Gasteiger partial charge in [-0.15, -0.1) is 0 Å². The van der Waals surface area contributed by atoms with Crippen molar-refractivity contribution in [2.75, 3.05) is 23.3 Å². The maximum Gasteiger partial charge on any atom is 0.326 e. The number of carbonyl (C=O) groups excluding carboxylic acids is 1. The summed E-state index contributed by atoms with van der Waals surface area (Å²) in [7, 11) is -3.80. The van der Waals surface area contributed by atoms with Crippen molar-refractivity contribution in [3.8, 4) is 11.5 Å². The highest BCUT2D eigenvalue weighted by Crippen LogP contribution is 2.25. The molecule has 0 spiro atoms. The standard InChI is InChI=1S/C27H23BrFN3O4S/c28-20-10-16-24(17-11-20)37(34,35)30-18-19-32(27(33)31-26-9-5-4-8-25(26)29)21-12-14-23(15-13-21)36-22-6-2-1-3-7-22/h1-17,30H,18-19H2,(H,31,33). The van der Waals surface area contributed by atoms with Crippen LogP contribution in [0.15, 0.2) is 112 Å². The highest BCUT2D eigenvalue weighted by atomic mass is 79.9. The predicted octanol–water partition coefficient (Wildman–Crippen LogP) is 6.40. The fraction of sp³-hybridized carbons (Fsp3) is 0.0741. The van der Waals surface area contributed by atoms with Crippen molar-refractivity contribution < 1.29 is 22.3 Å². The Labute approximate surface area is 223 Å². The van der Waals surface area contributed by atoms with Gasteiger partial charge in [0.25, 0.3) is 0 Å². The molecule has 0 aromatic heterocycles. The number of benzene rings is 4. The van der Waals surface area contributed by atoms with Gasteiger partial charge in [0, 0.05) is 23.2 Å². The molecule has 0 atom stereocenters. The van der Waals surface area contributed by atoms with Crippen LogP contribution in [0.1, 0.15) is 0 Å². The average molecular weight is 584 g/mol. The van der Waals surface area contributed by atoms with E-state index in [9.17, 15) is 17.6 Å². The number of hydrogen-bond donors (Lipinski definition) is 2. The number of hydrogen-bond acceptors (Lipinski definition) is 4. The lowest BCUT2D eigenvalue weighted by Crippen LogP contribution is -2.41. The molecular formula is C27H23BrFN3O4S. The Bertz CT molecular complexity index is 1450. The number of amides is 2. The van der Waals surface area contributed by atoms with E-state index in [1.165, 1.54) is 35.2 Å². The van der Waals surface area contributed by atoms with Gasteiger partial charge in [0.05, 0.1) is 10.6 Å². The molecule has 0 bridgehead atoms. The summed E-state index contributed by atoms with van der Waals surface area (Å²) in [4.78, 5) is 14.6. The summed E-state index contributed by atoms with van der Waals surface area (Å²) in [6, 6.07) is 27.3. The molecule has 0 aliphatic rings. The molecule has 0 fully saturated rings. The summed E-state index contributed by atoms with van der Waals surface area (Å²) in [6.07, 6.45) is 0. The lowest BCUT2D eigenvalue weighted by molar-refractivity contribution is 0.257. The summed E-state index contributed by atoms with van der Waals surface area (Å²) in [6.45, 7) is -0.0969. The quantitative estimate of drug-likeness (QED) is 0.239. The van der Waals surface area contributed by atoms with Gasteiger partial charge in [-0.3, -0.25) is 4.90 Å². The molecular weight excluding hydrogens is 561 g/mol. The van der Waals surface area contributed by atoms with Crippen molar-refractivity contribution in [1.29, 1.82) is 0 Å². The maximum absolute atomic E-state index is 14.2. The summed E-state index contributed by atoms with van der Waals surface area (Å²) >= 11 is 3.28. The van der Waals surface area contributed by atoms with Crippen LogP contribution in [-0.2, 0) is 10.0 Å². The molecule has 0 heterocycles. The fourth-order valence-corrected chi connectivity index (χ4v) is 4.69. The zero-order valence-electron chi connectivity index (χ0n) is 19.5. The van der Waals surface area contributed by atoms with Gasteiger partial charge in [-0.1, -0.05) is 46.3 Å². The smallest absolute Gasteiger partial charge is 0.326 e. The summed E-state index contributed by atoms with van der Waals surface area (Å²) in [5.41, 5.74) is 0.481. The van der Waals surface area contributed by atoms with E-state index < -0.39 is 21.9 Å². The molecule has 0 aliphatic heterocycles. The van der Waals surface area contributed by atoms with Crippen molar-refractivity contribution in [3.63, 3.8) is 0 Å². The Morgan fingerprint density at radius 2 is 1.46 bits per heavy atom. The molecule has 37 heavy (non-hydrogen) atoms. The normalized spacial score (nSPS) is 11.1. The first-order chi connectivity index (χ1) is 17.8. The minimum absolute atomic E-state index is 0.0111. The fourth-order valence-electron chi connectivity index (χ4n) is 3.40. The Morgan fingerprint density at radius 3 is 2.14 bits per heavy atom. The van der Waals surface area contributed by atoms with Crippen LogP contribution < -0.4 is 19.7 Å². The second-order valence-electron chi connectivity index (χ2n) is 7.82. The van der Waals surface area contributed by atoms with E-state index in [1.807, 2.05) is 30.3 Å². The van der Waals surface area contributed by atoms with Crippen LogP contribution in [0.5, 0.6) is 11.5 Å². The van der Waals surface area contributed by atoms with Crippen LogP contribution in [0.4, 0.5) is 20.6 Å². The lowest BCUT2D eigenvalue weighted by atomic mass is 10.2. The number of sulfonamides is 1. The molecule has 190 valence electrons. The van der Waals surface area contributed by atoms with Gasteiger partial charge in [0.2, 0.25) is 10.0 Å². The van der Waals surface area contributed by atoms with Gasteiger partial charge in [-0.05, 0) is 72.8 Å². The van der Waals surface area contributed by atoms with E-state index in [0.717, 1.165) is 4.47 Å². The number of rotatable bonds is 9.